The molecule has 4 heteroatoms. The third-order valence-electron chi connectivity index (χ3n) is 2.94. The van der Waals surface area contributed by atoms with Crippen LogP contribution in [0.25, 0.3) is 0 Å². The van der Waals surface area contributed by atoms with E-state index in [1.165, 1.54) is 18.4 Å². The van der Waals surface area contributed by atoms with Gasteiger partial charge in [0.15, 0.2) is 0 Å². The lowest BCUT2D eigenvalue weighted by molar-refractivity contribution is 0.587. The van der Waals surface area contributed by atoms with Gasteiger partial charge < -0.3 is 0 Å². The van der Waals surface area contributed by atoms with Gasteiger partial charge in [-0.15, -0.1) is 0 Å². The first-order valence-electron chi connectivity index (χ1n) is 6.26. The Bertz CT molecular complexity index is 426. The van der Waals surface area contributed by atoms with Crippen LogP contribution in [0.3, 0.4) is 0 Å². The molecule has 2 nitrogen and oxygen atoms in total. The Kier molecular flexibility index (Phi) is 5.37. The Morgan fingerprint density at radius 1 is 1.44 bits per heavy atom. The number of benzene rings is 1. The van der Waals surface area contributed by atoms with Gasteiger partial charge in [-0.05, 0) is 36.6 Å². The third-order valence-corrected chi connectivity index (χ3v) is 4.34. The molecule has 96 valence electrons. The predicted molar refractivity (Wildman–Crippen MR) is 77.8 cm³/mol. The molecule has 1 unspecified atom stereocenters. The van der Waals surface area contributed by atoms with Gasteiger partial charge in [0.05, 0.1) is 12.1 Å². The van der Waals surface area contributed by atoms with E-state index < -0.39 is 0 Å². The van der Waals surface area contributed by atoms with Crippen LogP contribution in [-0.2, 0) is 5.75 Å². The fourth-order valence-electron chi connectivity index (χ4n) is 1.72. The van der Waals surface area contributed by atoms with E-state index in [-0.39, 0.29) is 6.04 Å². The predicted octanol–water partition coefficient (Wildman–Crippen LogP) is 3.61. The van der Waals surface area contributed by atoms with Gasteiger partial charge in [0.2, 0.25) is 0 Å². The maximum absolute atomic E-state index is 9.02. The maximum Gasteiger partial charge on any atom is 0.0963 e. The molecule has 0 amide bonds. The Morgan fingerprint density at radius 3 is 2.89 bits per heavy atom. The van der Waals surface area contributed by atoms with Gasteiger partial charge in [0.1, 0.15) is 0 Å². The van der Waals surface area contributed by atoms with E-state index in [9.17, 15) is 0 Å². The molecule has 0 spiro atoms. The van der Waals surface area contributed by atoms with Crippen molar-refractivity contribution in [3.63, 3.8) is 0 Å². The van der Waals surface area contributed by atoms with Crippen molar-refractivity contribution in [2.75, 3.05) is 5.75 Å². The lowest BCUT2D eigenvalue weighted by Gasteiger charge is -2.10. The SMILES string of the molecule is N#CC(CCSCc1ccccc1Cl)NC1CC1. The quantitative estimate of drug-likeness (QED) is 0.775. The number of halogens is 1. The van der Waals surface area contributed by atoms with Crippen LogP contribution in [0.15, 0.2) is 24.3 Å². The number of thioether (sulfide) groups is 1. The second kappa shape index (κ2) is 7.04. The summed E-state index contributed by atoms with van der Waals surface area (Å²) in [5, 5.41) is 13.2. The van der Waals surface area contributed by atoms with Crippen LogP contribution < -0.4 is 5.32 Å². The fraction of sp³-hybridized carbons (Fsp3) is 0.500. The molecule has 1 aliphatic rings. The first-order valence-corrected chi connectivity index (χ1v) is 7.79. The van der Waals surface area contributed by atoms with Gasteiger partial charge in [-0.1, -0.05) is 29.8 Å². The molecular formula is C14H17ClN2S. The van der Waals surface area contributed by atoms with Crippen molar-refractivity contribution in [1.82, 2.24) is 5.32 Å². The molecule has 0 saturated heterocycles. The van der Waals surface area contributed by atoms with Crippen molar-refractivity contribution in [2.45, 2.75) is 37.1 Å². The van der Waals surface area contributed by atoms with E-state index in [0.29, 0.717) is 6.04 Å². The zero-order valence-electron chi connectivity index (χ0n) is 10.2. The summed E-state index contributed by atoms with van der Waals surface area (Å²) in [5.41, 5.74) is 1.17. The summed E-state index contributed by atoms with van der Waals surface area (Å²) in [6.07, 6.45) is 3.36. The number of nitrogens with one attached hydrogen (secondary N) is 1. The van der Waals surface area contributed by atoms with Crippen molar-refractivity contribution >= 4 is 23.4 Å². The van der Waals surface area contributed by atoms with Gasteiger partial charge >= 0.3 is 0 Å². The molecule has 0 heterocycles. The highest BCUT2D eigenvalue weighted by Crippen LogP contribution is 2.22. The highest BCUT2D eigenvalue weighted by Gasteiger charge is 2.24. The molecule has 0 radical (unpaired) electrons. The van der Waals surface area contributed by atoms with Crippen LogP contribution in [0.4, 0.5) is 0 Å². The van der Waals surface area contributed by atoms with E-state index in [0.717, 1.165) is 22.9 Å². The lowest BCUT2D eigenvalue weighted by Crippen LogP contribution is -2.29. The summed E-state index contributed by atoms with van der Waals surface area (Å²) >= 11 is 7.93. The van der Waals surface area contributed by atoms with E-state index in [1.807, 2.05) is 30.0 Å². The van der Waals surface area contributed by atoms with Crippen molar-refractivity contribution < 1.29 is 0 Å². The molecule has 1 atom stereocenters. The van der Waals surface area contributed by atoms with E-state index >= 15 is 0 Å². The Hall–Kier alpha value is -0.690. The van der Waals surface area contributed by atoms with Gasteiger partial charge in [-0.25, -0.2) is 0 Å². The number of rotatable bonds is 7. The van der Waals surface area contributed by atoms with Crippen LogP contribution in [0.2, 0.25) is 5.02 Å². The first kappa shape index (κ1) is 13.7. The van der Waals surface area contributed by atoms with Crippen molar-refractivity contribution in [1.29, 1.82) is 5.26 Å². The van der Waals surface area contributed by atoms with Gasteiger partial charge in [0.25, 0.3) is 0 Å². The average molecular weight is 281 g/mol. The minimum Gasteiger partial charge on any atom is -0.299 e. The van der Waals surface area contributed by atoms with Crippen LogP contribution in [-0.4, -0.2) is 17.8 Å². The Balaban J connectivity index is 1.66. The van der Waals surface area contributed by atoms with Gasteiger partial charge in [0, 0.05) is 16.8 Å². The molecule has 1 fully saturated rings. The molecule has 1 N–H and O–H groups in total. The monoisotopic (exact) mass is 280 g/mol. The van der Waals surface area contributed by atoms with Crippen LogP contribution in [0, 0.1) is 11.3 Å². The molecule has 1 saturated carbocycles. The summed E-state index contributed by atoms with van der Waals surface area (Å²) in [7, 11) is 0. The van der Waals surface area contributed by atoms with E-state index in [1.54, 1.807) is 0 Å². The standard InChI is InChI=1S/C14H17ClN2S/c15-14-4-2-1-3-11(14)10-18-8-7-13(9-16)17-12-5-6-12/h1-4,12-13,17H,5-8,10H2. The van der Waals surface area contributed by atoms with Crippen molar-refractivity contribution in [2.24, 2.45) is 0 Å². The van der Waals surface area contributed by atoms with Crippen molar-refractivity contribution in [3.05, 3.63) is 34.9 Å². The van der Waals surface area contributed by atoms with Crippen molar-refractivity contribution in [3.8, 4) is 6.07 Å². The number of hydrogen-bond donors (Lipinski definition) is 1. The highest BCUT2D eigenvalue weighted by molar-refractivity contribution is 7.98. The van der Waals surface area contributed by atoms with E-state index in [4.69, 9.17) is 16.9 Å². The maximum atomic E-state index is 9.02. The van der Waals surface area contributed by atoms with Gasteiger partial charge in [-0.3, -0.25) is 5.32 Å². The summed E-state index contributed by atoms with van der Waals surface area (Å²) in [5.74, 6) is 1.91. The topological polar surface area (TPSA) is 35.8 Å². The summed E-state index contributed by atoms with van der Waals surface area (Å²) in [4.78, 5) is 0. The summed E-state index contributed by atoms with van der Waals surface area (Å²) < 4.78 is 0. The molecule has 18 heavy (non-hydrogen) atoms. The number of hydrogen-bond acceptors (Lipinski definition) is 3. The number of nitriles is 1. The molecule has 2 rings (SSSR count). The number of nitrogens with zero attached hydrogens (tertiary/aromatic N) is 1. The second-order valence-electron chi connectivity index (χ2n) is 4.56. The van der Waals surface area contributed by atoms with Gasteiger partial charge in [-0.2, -0.15) is 17.0 Å². The summed E-state index contributed by atoms with van der Waals surface area (Å²) in [6.45, 7) is 0. The Morgan fingerprint density at radius 2 is 2.22 bits per heavy atom. The molecular weight excluding hydrogens is 264 g/mol. The second-order valence-corrected chi connectivity index (χ2v) is 6.07. The zero-order valence-corrected chi connectivity index (χ0v) is 11.8. The smallest absolute Gasteiger partial charge is 0.0963 e. The molecule has 0 bridgehead atoms. The molecule has 1 aromatic carbocycles. The largest absolute Gasteiger partial charge is 0.299 e. The molecule has 0 aliphatic heterocycles. The van der Waals surface area contributed by atoms with E-state index in [2.05, 4.69) is 17.5 Å². The Labute approximate surface area is 118 Å². The first-order chi connectivity index (χ1) is 8.79. The minimum atomic E-state index is 0.0104. The van der Waals surface area contributed by atoms with Crippen LogP contribution >= 0.6 is 23.4 Å². The third kappa shape index (κ3) is 4.53. The lowest BCUT2D eigenvalue weighted by atomic mass is 10.2. The molecule has 1 aromatic rings. The molecule has 0 aromatic heterocycles. The minimum absolute atomic E-state index is 0.0104. The highest BCUT2D eigenvalue weighted by atomic mass is 35.5. The summed E-state index contributed by atoms with van der Waals surface area (Å²) in [6, 6.07) is 10.9. The van der Waals surface area contributed by atoms with Crippen LogP contribution in [0.1, 0.15) is 24.8 Å². The normalized spacial score (nSPS) is 16.2. The average Bonchev–Trinajstić information content (AvgIpc) is 3.19. The zero-order chi connectivity index (χ0) is 12.8. The molecule has 1 aliphatic carbocycles. The fourth-order valence-corrected chi connectivity index (χ4v) is 3.02. The van der Waals surface area contributed by atoms with Crippen LogP contribution in [0.5, 0.6) is 0 Å².